The lowest BCUT2D eigenvalue weighted by atomic mass is 9.92. The number of aliphatic hydroxyl groups excluding tert-OH is 1. The van der Waals surface area contributed by atoms with Crippen LogP contribution in [0.15, 0.2) is 59.8 Å². The fourth-order valence-corrected chi connectivity index (χ4v) is 7.75. The standard InChI is InChI=1S/C16H34O.C16H32O.C15H30.C15H24/c2*1-14(2)8-5-9-15(3)10-6-11-16(4)12-7-13-17;2*1-6-14(4)10-8-12-15(5)11-7-9-13(2)3/h14-17H,5-13H2,1-4H3;13-16H,5-12H2,1-4H3;12-14H,6-11H2,1-5H3;6,9,12H,1,4,7-8,10-11H2,2-3,5H3/b;;2*15-12+. The van der Waals surface area contributed by atoms with Gasteiger partial charge < -0.3 is 9.90 Å². The highest BCUT2D eigenvalue weighted by molar-refractivity contribution is 5.49. The Hall–Kier alpha value is -1.67. The Labute approximate surface area is 406 Å². The molecule has 0 heterocycles. The zero-order valence-electron chi connectivity index (χ0n) is 46.9. The summed E-state index contributed by atoms with van der Waals surface area (Å²) in [5.74, 6) is 6.77. The quantitative estimate of drug-likeness (QED) is 0.0383. The molecule has 0 saturated heterocycles. The third-order valence-electron chi connectivity index (χ3n) is 12.9. The van der Waals surface area contributed by atoms with E-state index in [1.54, 1.807) is 5.57 Å². The van der Waals surface area contributed by atoms with Gasteiger partial charge in [-0.2, -0.15) is 0 Å². The van der Waals surface area contributed by atoms with Crippen LogP contribution < -0.4 is 0 Å². The van der Waals surface area contributed by atoms with Gasteiger partial charge in [0, 0.05) is 13.0 Å². The molecule has 0 aliphatic rings. The van der Waals surface area contributed by atoms with Crippen molar-refractivity contribution in [3.8, 4) is 0 Å². The first-order valence-electron chi connectivity index (χ1n) is 27.5. The first-order valence-corrected chi connectivity index (χ1v) is 27.5. The molecule has 0 rings (SSSR count). The first kappa shape index (κ1) is 68.9. The summed E-state index contributed by atoms with van der Waals surface area (Å²) >= 11 is 0. The van der Waals surface area contributed by atoms with E-state index in [4.69, 9.17) is 5.11 Å². The lowest BCUT2D eigenvalue weighted by Crippen LogP contribution is -2.00. The van der Waals surface area contributed by atoms with Crippen molar-refractivity contribution < 1.29 is 9.90 Å². The molecule has 0 fully saturated rings. The highest BCUT2D eigenvalue weighted by Crippen LogP contribution is 2.22. The molecule has 0 aliphatic carbocycles. The van der Waals surface area contributed by atoms with Crippen molar-refractivity contribution in [2.24, 2.45) is 47.3 Å². The summed E-state index contributed by atoms with van der Waals surface area (Å²) in [5, 5.41) is 8.77. The summed E-state index contributed by atoms with van der Waals surface area (Å²) in [6.07, 6.45) is 42.8. The van der Waals surface area contributed by atoms with Crippen LogP contribution in [0.25, 0.3) is 0 Å². The van der Waals surface area contributed by atoms with Crippen LogP contribution in [-0.4, -0.2) is 18.0 Å². The average Bonchev–Trinajstić information content (AvgIpc) is 3.22. The van der Waals surface area contributed by atoms with E-state index in [1.807, 2.05) is 6.08 Å². The summed E-state index contributed by atoms with van der Waals surface area (Å²) < 4.78 is 0. The lowest BCUT2D eigenvalue weighted by molar-refractivity contribution is -0.108. The molecule has 0 aromatic heterocycles. The van der Waals surface area contributed by atoms with Crippen LogP contribution in [0.4, 0.5) is 0 Å². The van der Waals surface area contributed by atoms with Crippen LogP contribution in [0, 0.1) is 47.3 Å². The van der Waals surface area contributed by atoms with Crippen molar-refractivity contribution in [2.45, 2.75) is 278 Å². The monoisotopic (exact) mass is 897 g/mol. The summed E-state index contributed by atoms with van der Waals surface area (Å²) in [6.45, 7) is 44.6. The van der Waals surface area contributed by atoms with E-state index >= 15 is 0 Å². The van der Waals surface area contributed by atoms with Gasteiger partial charge in [0.25, 0.3) is 0 Å². The number of carbonyl (C=O) groups excluding carboxylic acids is 1. The van der Waals surface area contributed by atoms with Crippen LogP contribution in [0.1, 0.15) is 278 Å². The van der Waals surface area contributed by atoms with Crippen molar-refractivity contribution in [2.75, 3.05) is 6.61 Å². The predicted octanol–water partition coefficient (Wildman–Crippen LogP) is 21.0. The minimum atomic E-state index is 0.357. The SMILES string of the molecule is C=CC(=C)CC/C=C(\C)CCC=C(C)C.CC(C)CCCC(C)CCCC(C)CCC=O.CC(C)CCCC(C)CCCC(C)CCCO.CCC(C)CC/C=C(\C)CCCC(C)C. The second-order valence-electron chi connectivity index (χ2n) is 22.2. The van der Waals surface area contributed by atoms with Gasteiger partial charge in [-0.25, -0.2) is 0 Å². The molecule has 2 heteroatoms. The third-order valence-corrected chi connectivity index (χ3v) is 12.9. The largest absolute Gasteiger partial charge is 0.396 e. The highest BCUT2D eigenvalue weighted by atomic mass is 16.2. The van der Waals surface area contributed by atoms with Crippen LogP contribution >= 0.6 is 0 Å². The van der Waals surface area contributed by atoms with Crippen molar-refractivity contribution in [3.05, 3.63) is 59.8 Å². The number of allylic oxidation sites excluding steroid dienone is 8. The summed E-state index contributed by atoms with van der Waals surface area (Å²) in [4.78, 5) is 10.3. The van der Waals surface area contributed by atoms with E-state index in [9.17, 15) is 4.79 Å². The van der Waals surface area contributed by atoms with Crippen molar-refractivity contribution in [1.82, 2.24) is 0 Å². The summed E-state index contributed by atoms with van der Waals surface area (Å²) in [7, 11) is 0. The zero-order valence-corrected chi connectivity index (χ0v) is 46.9. The number of rotatable bonds is 37. The first-order chi connectivity index (χ1) is 30.2. The van der Waals surface area contributed by atoms with Gasteiger partial charge in [0.05, 0.1) is 0 Å². The molecule has 0 aliphatic heterocycles. The van der Waals surface area contributed by atoms with E-state index in [0.717, 1.165) is 97.7 Å². The second-order valence-corrected chi connectivity index (χ2v) is 22.2. The molecule has 5 atom stereocenters. The number of aldehydes is 1. The molecule has 64 heavy (non-hydrogen) atoms. The number of hydrogen-bond acceptors (Lipinski definition) is 2. The summed E-state index contributed by atoms with van der Waals surface area (Å²) in [5.41, 5.74) is 5.61. The lowest BCUT2D eigenvalue weighted by Gasteiger charge is -2.14. The maximum absolute atomic E-state index is 10.3. The normalized spacial score (nSPS) is 14.0. The van der Waals surface area contributed by atoms with Crippen LogP contribution in [0.3, 0.4) is 0 Å². The molecule has 0 radical (unpaired) electrons. The molecule has 1 N–H and O–H groups in total. The molecule has 0 bridgehead atoms. The second kappa shape index (κ2) is 50.7. The molecule has 0 saturated carbocycles. The molecule has 0 amide bonds. The van der Waals surface area contributed by atoms with Crippen LogP contribution in [0.2, 0.25) is 0 Å². The third kappa shape index (κ3) is 62.4. The molecular formula is C62H120O2. The Morgan fingerprint density at radius 2 is 0.828 bits per heavy atom. The Morgan fingerprint density at radius 3 is 1.23 bits per heavy atom. The van der Waals surface area contributed by atoms with Crippen molar-refractivity contribution in [3.63, 3.8) is 0 Å². The van der Waals surface area contributed by atoms with Crippen LogP contribution in [-0.2, 0) is 4.79 Å². The van der Waals surface area contributed by atoms with Gasteiger partial charge in [-0.1, -0.05) is 233 Å². The minimum Gasteiger partial charge on any atom is -0.396 e. The van der Waals surface area contributed by atoms with Crippen LogP contribution in [0.5, 0.6) is 0 Å². The molecule has 2 nitrogen and oxygen atoms in total. The van der Waals surface area contributed by atoms with Crippen molar-refractivity contribution >= 4 is 6.29 Å². The Balaban J connectivity index is -0.000000376. The average molecular weight is 898 g/mol. The Morgan fingerprint density at radius 1 is 0.453 bits per heavy atom. The molecule has 0 spiro atoms. The maximum Gasteiger partial charge on any atom is 0.120 e. The molecular weight excluding hydrogens is 777 g/mol. The fraction of sp³-hybridized carbons (Fsp3) is 0.823. The highest BCUT2D eigenvalue weighted by Gasteiger charge is 2.08. The van der Waals surface area contributed by atoms with Gasteiger partial charge in [-0.05, 0) is 146 Å². The molecule has 5 unspecified atom stereocenters. The smallest absolute Gasteiger partial charge is 0.120 e. The molecule has 0 aromatic carbocycles. The molecule has 380 valence electrons. The van der Waals surface area contributed by atoms with E-state index in [-0.39, 0.29) is 0 Å². The van der Waals surface area contributed by atoms with Gasteiger partial charge in [-0.3, -0.25) is 0 Å². The minimum absolute atomic E-state index is 0.357. The fourth-order valence-electron chi connectivity index (χ4n) is 7.75. The van der Waals surface area contributed by atoms with E-state index in [2.05, 4.69) is 142 Å². The van der Waals surface area contributed by atoms with Gasteiger partial charge in [-0.15, -0.1) is 0 Å². The zero-order chi connectivity index (χ0) is 49.6. The number of aliphatic hydroxyl groups is 1. The van der Waals surface area contributed by atoms with Gasteiger partial charge in [0.1, 0.15) is 6.29 Å². The van der Waals surface area contributed by atoms with E-state index in [1.165, 1.54) is 140 Å². The number of hydrogen-bond donors (Lipinski definition) is 1. The van der Waals surface area contributed by atoms with E-state index in [0.29, 0.717) is 6.61 Å². The maximum atomic E-state index is 10.3. The summed E-state index contributed by atoms with van der Waals surface area (Å²) in [6, 6.07) is 0. The van der Waals surface area contributed by atoms with E-state index < -0.39 is 0 Å². The van der Waals surface area contributed by atoms with Gasteiger partial charge in [0.2, 0.25) is 0 Å². The topological polar surface area (TPSA) is 37.3 Å². The molecule has 0 aromatic rings. The van der Waals surface area contributed by atoms with Gasteiger partial charge >= 0.3 is 0 Å². The Bertz CT molecular complexity index is 1100. The Kier molecular flexibility index (Phi) is 54.6. The predicted molar refractivity (Wildman–Crippen MR) is 295 cm³/mol. The van der Waals surface area contributed by atoms with Gasteiger partial charge in [0.15, 0.2) is 0 Å². The van der Waals surface area contributed by atoms with Crippen molar-refractivity contribution in [1.29, 1.82) is 0 Å². The number of carbonyl (C=O) groups is 1.